The summed E-state index contributed by atoms with van der Waals surface area (Å²) >= 11 is 1.81. The summed E-state index contributed by atoms with van der Waals surface area (Å²) in [6, 6.07) is 14.6. The minimum Gasteiger partial charge on any atom is -1.00 e. The van der Waals surface area contributed by atoms with Crippen LogP contribution in [0.4, 0.5) is 5.69 Å². The number of hydrogen-bond acceptors (Lipinski definition) is 2. The zero-order chi connectivity index (χ0) is 17.6. The molecule has 0 saturated carbocycles. The molecule has 1 aromatic heterocycles. The Morgan fingerprint density at radius 1 is 1.00 bits per heavy atom. The third-order valence-electron chi connectivity index (χ3n) is 4.66. The maximum Gasteiger partial charge on any atom is 0.262 e. The van der Waals surface area contributed by atoms with Crippen LogP contribution in [0.3, 0.4) is 0 Å². The van der Waals surface area contributed by atoms with Gasteiger partial charge in [0.2, 0.25) is 5.52 Å². The largest absolute Gasteiger partial charge is 1.00 e. The fraction of sp³-hybridized carbons (Fsp3) is 0.318. The second-order valence-corrected chi connectivity index (χ2v) is 7.51. The van der Waals surface area contributed by atoms with Crippen molar-refractivity contribution in [3.63, 3.8) is 0 Å². The summed E-state index contributed by atoms with van der Waals surface area (Å²) in [5, 5.41) is 1.23. The predicted molar refractivity (Wildman–Crippen MR) is 111 cm³/mol. The van der Waals surface area contributed by atoms with Crippen LogP contribution in [0.25, 0.3) is 27.4 Å². The van der Waals surface area contributed by atoms with Gasteiger partial charge < -0.3 is 29.7 Å². The minimum absolute atomic E-state index is 0. The number of hydrogen-bond donors (Lipinski definition) is 1. The summed E-state index contributed by atoms with van der Waals surface area (Å²) in [6.45, 7) is 7.32. The number of thiazole rings is 1. The Bertz CT molecular complexity index is 870. The number of anilines is 1. The SMILES string of the molecule is C=Cc1sc2cccc(-c3ccccc3N)c2[n+]1CCCCCCC.[I-]. The van der Waals surface area contributed by atoms with E-state index in [0.717, 1.165) is 17.8 Å². The molecule has 2 nitrogen and oxygen atoms in total. The average Bonchev–Trinajstić information content (AvgIpc) is 3.00. The summed E-state index contributed by atoms with van der Waals surface area (Å²) in [5.74, 6) is 0. The van der Waals surface area contributed by atoms with Crippen LogP contribution < -0.4 is 34.3 Å². The fourth-order valence-electron chi connectivity index (χ4n) is 3.37. The Balaban J connectivity index is 0.00000243. The van der Waals surface area contributed by atoms with Gasteiger partial charge in [0.15, 0.2) is 6.54 Å². The lowest BCUT2D eigenvalue weighted by atomic mass is 10.0. The minimum atomic E-state index is 0. The fourth-order valence-corrected chi connectivity index (χ4v) is 4.43. The van der Waals surface area contributed by atoms with Crippen LogP contribution in [0.1, 0.15) is 44.0 Å². The Morgan fingerprint density at radius 3 is 2.46 bits per heavy atom. The Labute approximate surface area is 177 Å². The summed E-state index contributed by atoms with van der Waals surface area (Å²) in [6.07, 6.45) is 8.40. The molecule has 0 amide bonds. The first-order valence-electron chi connectivity index (χ1n) is 9.19. The van der Waals surface area contributed by atoms with E-state index in [1.807, 2.05) is 29.5 Å². The van der Waals surface area contributed by atoms with E-state index in [1.165, 1.54) is 52.9 Å². The van der Waals surface area contributed by atoms with Gasteiger partial charge in [0.25, 0.3) is 5.01 Å². The zero-order valence-electron chi connectivity index (χ0n) is 15.4. The highest BCUT2D eigenvalue weighted by Gasteiger charge is 2.22. The normalized spacial score (nSPS) is 10.7. The van der Waals surface area contributed by atoms with Crippen LogP contribution in [0.5, 0.6) is 0 Å². The number of aromatic nitrogens is 1. The molecule has 1 heterocycles. The number of benzene rings is 2. The standard InChI is InChI=1S/C22H27N2S.HI/c1-3-5-6-7-10-16-24-21(4-2)25-20-15-11-13-18(22(20)24)17-12-8-9-14-19(17)23;/h4,8-9,11-15H,2-3,5-7,10,16,23H2,1H3;1H/q+1;/p-1. The van der Waals surface area contributed by atoms with E-state index in [2.05, 4.69) is 48.4 Å². The molecule has 0 atom stereocenters. The Kier molecular flexibility index (Phi) is 8.10. The van der Waals surface area contributed by atoms with Crippen molar-refractivity contribution in [1.29, 1.82) is 0 Å². The molecule has 0 bridgehead atoms. The van der Waals surface area contributed by atoms with E-state index in [4.69, 9.17) is 5.73 Å². The molecule has 2 aromatic carbocycles. The Morgan fingerprint density at radius 2 is 1.73 bits per heavy atom. The molecule has 2 N–H and O–H groups in total. The lowest BCUT2D eigenvalue weighted by molar-refractivity contribution is -0.669. The first-order chi connectivity index (χ1) is 12.3. The summed E-state index contributed by atoms with van der Waals surface area (Å²) in [4.78, 5) is 0. The van der Waals surface area contributed by atoms with Crippen molar-refractivity contribution in [1.82, 2.24) is 0 Å². The molecule has 0 saturated heterocycles. The monoisotopic (exact) mass is 478 g/mol. The van der Waals surface area contributed by atoms with Crippen LogP contribution in [0.2, 0.25) is 0 Å². The maximum absolute atomic E-state index is 6.26. The van der Waals surface area contributed by atoms with Crippen LogP contribution in [-0.2, 0) is 6.54 Å². The number of nitrogen functional groups attached to an aromatic ring is 1. The summed E-state index contributed by atoms with van der Waals surface area (Å²) in [7, 11) is 0. The van der Waals surface area contributed by atoms with Gasteiger partial charge in [-0.2, -0.15) is 4.57 Å². The van der Waals surface area contributed by atoms with Gasteiger partial charge in [0.05, 0.1) is 5.56 Å². The quantitative estimate of drug-likeness (QED) is 0.230. The molecule has 138 valence electrons. The molecule has 4 heteroatoms. The van der Waals surface area contributed by atoms with Gasteiger partial charge in [-0.1, -0.05) is 68.4 Å². The second-order valence-electron chi connectivity index (χ2n) is 6.45. The van der Waals surface area contributed by atoms with Gasteiger partial charge in [-0.25, -0.2) is 0 Å². The van der Waals surface area contributed by atoms with Gasteiger partial charge in [-0.05, 0) is 24.6 Å². The molecule has 0 unspecified atom stereocenters. The van der Waals surface area contributed by atoms with E-state index >= 15 is 0 Å². The number of para-hydroxylation sites is 2. The van der Waals surface area contributed by atoms with E-state index < -0.39 is 0 Å². The third kappa shape index (κ3) is 4.46. The third-order valence-corrected chi connectivity index (χ3v) is 5.81. The molecule has 0 fully saturated rings. The van der Waals surface area contributed by atoms with Gasteiger partial charge in [0, 0.05) is 23.7 Å². The highest BCUT2D eigenvalue weighted by molar-refractivity contribution is 7.18. The predicted octanol–water partition coefficient (Wildman–Crippen LogP) is 3.06. The number of fused-ring (bicyclic) bond motifs is 1. The highest BCUT2D eigenvalue weighted by atomic mass is 127. The first-order valence-corrected chi connectivity index (χ1v) is 10.0. The molecular weight excluding hydrogens is 451 g/mol. The molecule has 0 aliphatic carbocycles. The number of unbranched alkanes of at least 4 members (excludes halogenated alkanes) is 4. The topological polar surface area (TPSA) is 29.9 Å². The summed E-state index contributed by atoms with van der Waals surface area (Å²) < 4.78 is 3.73. The van der Waals surface area contributed by atoms with Crippen molar-refractivity contribution in [3.05, 3.63) is 54.1 Å². The van der Waals surface area contributed by atoms with Crippen LogP contribution >= 0.6 is 11.3 Å². The van der Waals surface area contributed by atoms with Gasteiger partial charge in [-0.15, -0.1) is 0 Å². The maximum atomic E-state index is 6.26. The molecule has 0 aliphatic heterocycles. The molecule has 26 heavy (non-hydrogen) atoms. The van der Waals surface area contributed by atoms with Crippen LogP contribution in [-0.4, -0.2) is 0 Å². The van der Waals surface area contributed by atoms with Crippen molar-refractivity contribution in [2.24, 2.45) is 0 Å². The lowest BCUT2D eigenvalue weighted by Gasteiger charge is -2.06. The lowest BCUT2D eigenvalue weighted by Crippen LogP contribution is -3.00. The Hall–Kier alpha value is -1.40. The van der Waals surface area contributed by atoms with E-state index in [9.17, 15) is 0 Å². The van der Waals surface area contributed by atoms with Gasteiger partial charge in [0.1, 0.15) is 4.70 Å². The second kappa shape index (κ2) is 10.1. The van der Waals surface area contributed by atoms with E-state index in [-0.39, 0.29) is 24.0 Å². The number of nitrogens with zero attached hydrogens (tertiary/aromatic N) is 1. The van der Waals surface area contributed by atoms with Gasteiger partial charge in [-0.3, -0.25) is 0 Å². The van der Waals surface area contributed by atoms with Gasteiger partial charge >= 0.3 is 0 Å². The van der Waals surface area contributed by atoms with Crippen molar-refractivity contribution in [2.45, 2.75) is 45.6 Å². The van der Waals surface area contributed by atoms with E-state index in [0.29, 0.717) is 0 Å². The van der Waals surface area contributed by atoms with Crippen molar-refractivity contribution in [2.75, 3.05) is 5.73 Å². The van der Waals surface area contributed by atoms with E-state index in [1.54, 1.807) is 0 Å². The number of halogens is 1. The van der Waals surface area contributed by atoms with Crippen molar-refractivity contribution < 1.29 is 28.5 Å². The molecule has 3 aromatic rings. The van der Waals surface area contributed by atoms with Crippen molar-refractivity contribution in [3.8, 4) is 11.1 Å². The molecule has 0 spiro atoms. The van der Waals surface area contributed by atoms with Crippen LogP contribution in [0.15, 0.2) is 49.0 Å². The zero-order valence-corrected chi connectivity index (χ0v) is 18.4. The van der Waals surface area contributed by atoms with Crippen molar-refractivity contribution >= 4 is 33.3 Å². The number of rotatable bonds is 8. The number of nitrogens with two attached hydrogens (primary N) is 1. The number of aryl methyl sites for hydroxylation is 1. The average molecular weight is 478 g/mol. The smallest absolute Gasteiger partial charge is 0.262 e. The molecule has 3 rings (SSSR count). The highest BCUT2D eigenvalue weighted by Crippen LogP contribution is 2.33. The molecular formula is C22H27IN2S. The summed E-state index contributed by atoms with van der Waals surface area (Å²) in [5.41, 5.74) is 10.7. The molecule has 0 aliphatic rings. The first kappa shape index (κ1) is 20.9. The molecule has 0 radical (unpaired) electrons. The van der Waals surface area contributed by atoms with Crippen LogP contribution in [0, 0.1) is 0 Å².